The third-order valence-corrected chi connectivity index (χ3v) is 4.11. The van der Waals surface area contributed by atoms with Gasteiger partial charge in [0.25, 0.3) is 0 Å². The highest BCUT2D eigenvalue weighted by Crippen LogP contribution is 2.47. The molecule has 0 spiro atoms. The molecule has 0 unspecified atom stereocenters. The van der Waals surface area contributed by atoms with E-state index in [9.17, 15) is 4.79 Å². The van der Waals surface area contributed by atoms with E-state index in [1.54, 1.807) is 26.2 Å². The number of rotatable bonds is 8. The van der Waals surface area contributed by atoms with Gasteiger partial charge in [-0.2, -0.15) is 0 Å². The molecule has 0 radical (unpaired) electrons. The van der Waals surface area contributed by atoms with Crippen molar-refractivity contribution in [3.05, 3.63) is 35.7 Å². The first-order chi connectivity index (χ1) is 13.4. The Bertz CT molecular complexity index is 914. The van der Waals surface area contributed by atoms with Gasteiger partial charge in [-0.15, -0.1) is 0 Å². The number of nitrogens with one attached hydrogen (secondary N) is 1. The molecule has 0 aliphatic rings. The molecule has 0 aliphatic heterocycles. The van der Waals surface area contributed by atoms with E-state index in [2.05, 4.69) is 16.7 Å². The highest BCUT2D eigenvalue weighted by Gasteiger charge is 2.27. The van der Waals surface area contributed by atoms with Gasteiger partial charge in [-0.1, -0.05) is 11.7 Å². The largest absolute Gasteiger partial charge is 0.493 e. The zero-order valence-electron chi connectivity index (χ0n) is 16.8. The predicted octanol–water partition coefficient (Wildman–Crippen LogP) is 3.51. The van der Waals surface area contributed by atoms with Gasteiger partial charge in [0.15, 0.2) is 11.5 Å². The van der Waals surface area contributed by atoms with Crippen molar-refractivity contribution in [1.29, 1.82) is 0 Å². The third kappa shape index (κ3) is 3.66. The number of carbonyl (C=O) groups is 1. The lowest BCUT2D eigenvalue weighted by Gasteiger charge is -2.17. The van der Waals surface area contributed by atoms with Gasteiger partial charge in [-0.05, 0) is 24.6 Å². The van der Waals surface area contributed by atoms with Crippen molar-refractivity contribution >= 4 is 17.8 Å². The summed E-state index contributed by atoms with van der Waals surface area (Å²) in [5.74, 6) is 0.837. The summed E-state index contributed by atoms with van der Waals surface area (Å²) in [6, 6.07) is 3.56. The number of carbonyl (C=O) groups excluding carboxylic acids is 1. The van der Waals surface area contributed by atoms with Gasteiger partial charge in [0, 0.05) is 16.7 Å². The minimum Gasteiger partial charge on any atom is -0.493 e. The Morgan fingerprint density at radius 2 is 1.75 bits per heavy atom. The van der Waals surface area contributed by atoms with Crippen molar-refractivity contribution in [3.63, 3.8) is 0 Å². The van der Waals surface area contributed by atoms with Crippen LogP contribution >= 0.6 is 0 Å². The van der Waals surface area contributed by atoms with Crippen LogP contribution in [0.1, 0.15) is 28.7 Å². The molecule has 1 aromatic heterocycles. The Labute approximate surface area is 163 Å². The van der Waals surface area contributed by atoms with Gasteiger partial charge in [0.2, 0.25) is 5.75 Å². The van der Waals surface area contributed by atoms with E-state index >= 15 is 0 Å². The van der Waals surface area contributed by atoms with Crippen LogP contribution in [0.5, 0.6) is 17.2 Å². The summed E-state index contributed by atoms with van der Waals surface area (Å²) < 4.78 is 21.4. The number of benzene rings is 1. The molecule has 0 fully saturated rings. The van der Waals surface area contributed by atoms with Crippen molar-refractivity contribution in [2.24, 2.45) is 5.16 Å². The van der Waals surface area contributed by atoms with Gasteiger partial charge in [-0.3, -0.25) is 0 Å². The molecular formula is C20H24N2O6. The van der Waals surface area contributed by atoms with Crippen LogP contribution in [0.25, 0.3) is 16.7 Å². The van der Waals surface area contributed by atoms with Crippen molar-refractivity contribution in [2.45, 2.75) is 6.92 Å². The lowest BCUT2D eigenvalue weighted by Crippen LogP contribution is -2.04. The summed E-state index contributed by atoms with van der Waals surface area (Å²) in [5, 5.41) is 3.82. The zero-order valence-corrected chi connectivity index (χ0v) is 16.8. The fraction of sp³-hybridized carbons (Fsp3) is 0.300. The van der Waals surface area contributed by atoms with Crippen LogP contribution in [0.3, 0.4) is 0 Å². The summed E-state index contributed by atoms with van der Waals surface area (Å²) in [6.45, 7) is 5.81. The topological polar surface area (TPSA) is 91.4 Å². The molecule has 1 aromatic carbocycles. The molecule has 1 heterocycles. The van der Waals surface area contributed by atoms with Gasteiger partial charge in [-0.25, -0.2) is 4.79 Å². The SMILES string of the molecule is C=C(C)c1c(C(=O)OC)[nH]c(C=NOC)c1-c1ccc(OC)c(OC)c1OC. The molecule has 0 atom stereocenters. The number of aromatic nitrogens is 1. The highest BCUT2D eigenvalue weighted by molar-refractivity contribution is 6.04. The number of allylic oxidation sites excluding steroid dienone is 1. The average Bonchev–Trinajstić information content (AvgIpc) is 3.09. The van der Waals surface area contributed by atoms with Crippen LogP contribution in [0.15, 0.2) is 23.9 Å². The summed E-state index contributed by atoms with van der Waals surface area (Å²) in [4.78, 5) is 20.2. The molecule has 1 N–H and O–H groups in total. The van der Waals surface area contributed by atoms with E-state index in [1.165, 1.54) is 34.7 Å². The number of methoxy groups -OCH3 is 4. The quantitative estimate of drug-likeness (QED) is 0.423. The molecule has 8 heteroatoms. The van der Waals surface area contributed by atoms with Gasteiger partial charge < -0.3 is 28.8 Å². The number of aromatic amines is 1. The summed E-state index contributed by atoms with van der Waals surface area (Å²) in [6.07, 6.45) is 1.46. The van der Waals surface area contributed by atoms with Crippen LogP contribution < -0.4 is 14.2 Å². The van der Waals surface area contributed by atoms with E-state index in [0.717, 1.165) is 0 Å². The third-order valence-electron chi connectivity index (χ3n) is 4.11. The summed E-state index contributed by atoms with van der Waals surface area (Å²) >= 11 is 0. The molecule has 28 heavy (non-hydrogen) atoms. The van der Waals surface area contributed by atoms with Gasteiger partial charge >= 0.3 is 5.97 Å². The molecular weight excluding hydrogens is 364 g/mol. The van der Waals surface area contributed by atoms with Gasteiger partial charge in [0.1, 0.15) is 12.8 Å². The monoisotopic (exact) mass is 388 g/mol. The van der Waals surface area contributed by atoms with Crippen molar-refractivity contribution in [2.75, 3.05) is 35.5 Å². The molecule has 0 aliphatic carbocycles. The first kappa shape index (κ1) is 20.9. The number of ether oxygens (including phenoxy) is 4. The van der Waals surface area contributed by atoms with Crippen LogP contribution in [0.2, 0.25) is 0 Å². The molecule has 0 saturated carbocycles. The van der Waals surface area contributed by atoms with Gasteiger partial charge in [0.05, 0.1) is 40.3 Å². The Morgan fingerprint density at radius 3 is 2.25 bits per heavy atom. The zero-order chi connectivity index (χ0) is 20.8. The van der Waals surface area contributed by atoms with E-state index in [1.807, 2.05) is 0 Å². The standard InChI is InChI=1S/C20H24N2O6/c1-11(2)15-16(13(10-21-28-7)22-17(15)20(23)27-6)12-8-9-14(24-3)19(26-5)18(12)25-4/h8-10,22H,1H2,2-7H3. The number of hydrogen-bond acceptors (Lipinski definition) is 7. The lowest BCUT2D eigenvalue weighted by molar-refractivity contribution is 0.0594. The van der Waals surface area contributed by atoms with E-state index in [4.69, 9.17) is 23.8 Å². The molecule has 0 bridgehead atoms. The molecule has 8 nitrogen and oxygen atoms in total. The number of oxime groups is 1. The summed E-state index contributed by atoms with van der Waals surface area (Å²) in [5.41, 5.74) is 3.30. The smallest absolute Gasteiger partial charge is 0.355 e. The Hall–Kier alpha value is -3.42. The Balaban J connectivity index is 2.94. The maximum atomic E-state index is 12.3. The summed E-state index contributed by atoms with van der Waals surface area (Å²) in [7, 11) is 7.33. The predicted molar refractivity (Wildman–Crippen MR) is 107 cm³/mol. The number of nitrogens with zero attached hydrogens (tertiary/aromatic N) is 1. The molecule has 2 rings (SSSR count). The van der Waals surface area contributed by atoms with Crippen LogP contribution in [0, 0.1) is 0 Å². The fourth-order valence-corrected chi connectivity index (χ4v) is 2.98. The number of esters is 1. The second kappa shape index (κ2) is 8.98. The second-order valence-electron chi connectivity index (χ2n) is 5.73. The second-order valence-corrected chi connectivity index (χ2v) is 5.73. The fourth-order valence-electron chi connectivity index (χ4n) is 2.98. The maximum Gasteiger partial charge on any atom is 0.355 e. The minimum absolute atomic E-state index is 0.249. The van der Waals surface area contributed by atoms with E-state index < -0.39 is 5.97 Å². The molecule has 150 valence electrons. The van der Waals surface area contributed by atoms with Crippen molar-refractivity contribution in [1.82, 2.24) is 4.98 Å². The van der Waals surface area contributed by atoms with E-state index in [0.29, 0.717) is 45.2 Å². The highest BCUT2D eigenvalue weighted by atomic mass is 16.6. The molecule has 2 aromatic rings. The Morgan fingerprint density at radius 1 is 1.07 bits per heavy atom. The Kier molecular flexibility index (Phi) is 6.70. The van der Waals surface area contributed by atoms with Crippen molar-refractivity contribution < 1.29 is 28.6 Å². The molecule has 0 amide bonds. The van der Waals surface area contributed by atoms with E-state index in [-0.39, 0.29) is 5.69 Å². The first-order valence-electron chi connectivity index (χ1n) is 8.31. The normalized spacial score (nSPS) is 10.6. The van der Waals surface area contributed by atoms with Crippen LogP contribution in [-0.4, -0.2) is 52.7 Å². The van der Waals surface area contributed by atoms with Crippen molar-refractivity contribution in [3.8, 4) is 28.4 Å². The maximum absolute atomic E-state index is 12.3. The minimum atomic E-state index is -0.532. The number of hydrogen-bond donors (Lipinski definition) is 1. The van der Waals surface area contributed by atoms with Crippen LogP contribution in [0.4, 0.5) is 0 Å². The number of H-pyrrole nitrogens is 1. The first-order valence-corrected chi connectivity index (χ1v) is 8.31. The lowest BCUT2D eigenvalue weighted by atomic mass is 9.95. The van der Waals surface area contributed by atoms with Crippen LogP contribution in [-0.2, 0) is 9.57 Å². The molecule has 0 saturated heterocycles. The average molecular weight is 388 g/mol.